The molecular formula is C11H13BrN2. The van der Waals surface area contributed by atoms with Crippen molar-refractivity contribution >= 4 is 15.9 Å². The Morgan fingerprint density at radius 1 is 1.50 bits per heavy atom. The normalized spacial score (nSPS) is 11.1. The van der Waals surface area contributed by atoms with Crippen LogP contribution in [0.1, 0.15) is 25.0 Å². The van der Waals surface area contributed by atoms with E-state index in [1.807, 2.05) is 12.1 Å². The van der Waals surface area contributed by atoms with Gasteiger partial charge in [-0.05, 0) is 23.8 Å². The molecule has 2 N–H and O–H groups in total. The minimum Gasteiger partial charge on any atom is -0.330 e. The molecule has 0 saturated heterocycles. The number of rotatable bonds is 2. The van der Waals surface area contributed by atoms with Gasteiger partial charge in [0.05, 0.1) is 11.6 Å². The molecule has 0 unspecified atom stereocenters. The van der Waals surface area contributed by atoms with Crippen molar-refractivity contribution in [2.75, 3.05) is 6.54 Å². The summed E-state index contributed by atoms with van der Waals surface area (Å²) in [6.45, 7) is 4.68. The highest BCUT2D eigenvalue weighted by atomic mass is 79.9. The van der Waals surface area contributed by atoms with Crippen LogP contribution < -0.4 is 5.73 Å². The van der Waals surface area contributed by atoms with Crippen LogP contribution in [0, 0.1) is 11.3 Å². The molecule has 1 aromatic carbocycles. The average Bonchev–Trinajstić information content (AvgIpc) is 2.18. The molecule has 0 fully saturated rings. The molecule has 0 heterocycles. The van der Waals surface area contributed by atoms with Gasteiger partial charge in [-0.15, -0.1) is 0 Å². The first-order valence-electron chi connectivity index (χ1n) is 4.41. The molecule has 2 nitrogen and oxygen atoms in total. The molecule has 0 amide bonds. The van der Waals surface area contributed by atoms with E-state index >= 15 is 0 Å². The van der Waals surface area contributed by atoms with E-state index in [2.05, 4.69) is 35.8 Å². The molecule has 0 aliphatic carbocycles. The maximum absolute atomic E-state index is 8.79. The number of hydrogen-bond acceptors (Lipinski definition) is 2. The van der Waals surface area contributed by atoms with Crippen LogP contribution >= 0.6 is 15.9 Å². The van der Waals surface area contributed by atoms with Crippen molar-refractivity contribution in [2.24, 2.45) is 5.73 Å². The predicted octanol–water partition coefficient (Wildman–Crippen LogP) is 2.56. The van der Waals surface area contributed by atoms with Crippen LogP contribution in [-0.4, -0.2) is 6.54 Å². The van der Waals surface area contributed by atoms with Gasteiger partial charge in [-0.1, -0.05) is 29.8 Å². The largest absolute Gasteiger partial charge is 0.330 e. The Morgan fingerprint density at radius 3 is 2.64 bits per heavy atom. The topological polar surface area (TPSA) is 49.8 Å². The Hall–Kier alpha value is -0.850. The van der Waals surface area contributed by atoms with Gasteiger partial charge in [0.25, 0.3) is 0 Å². The Kier molecular flexibility index (Phi) is 3.30. The van der Waals surface area contributed by atoms with Crippen LogP contribution in [0.25, 0.3) is 0 Å². The smallest absolute Gasteiger partial charge is 0.0991 e. The predicted molar refractivity (Wildman–Crippen MR) is 60.9 cm³/mol. The highest BCUT2D eigenvalue weighted by molar-refractivity contribution is 9.10. The lowest BCUT2D eigenvalue weighted by Gasteiger charge is -2.24. The van der Waals surface area contributed by atoms with Crippen molar-refractivity contribution in [3.8, 4) is 6.07 Å². The van der Waals surface area contributed by atoms with E-state index in [4.69, 9.17) is 11.0 Å². The lowest BCUT2D eigenvalue weighted by Crippen LogP contribution is -2.28. The Morgan fingerprint density at radius 2 is 2.14 bits per heavy atom. The number of halogens is 1. The minimum atomic E-state index is -0.105. The van der Waals surface area contributed by atoms with E-state index in [0.29, 0.717) is 12.1 Å². The van der Waals surface area contributed by atoms with Crippen molar-refractivity contribution in [1.29, 1.82) is 5.26 Å². The molecule has 1 aromatic rings. The summed E-state index contributed by atoms with van der Waals surface area (Å²) in [7, 11) is 0. The zero-order valence-electron chi connectivity index (χ0n) is 8.34. The summed E-state index contributed by atoms with van der Waals surface area (Å²) in [5, 5.41) is 8.79. The summed E-state index contributed by atoms with van der Waals surface area (Å²) in [6, 6.07) is 7.70. The van der Waals surface area contributed by atoms with Crippen LogP contribution in [0.2, 0.25) is 0 Å². The summed E-state index contributed by atoms with van der Waals surface area (Å²) in [4.78, 5) is 0. The van der Waals surface area contributed by atoms with E-state index in [9.17, 15) is 0 Å². The van der Waals surface area contributed by atoms with Gasteiger partial charge in [0.15, 0.2) is 0 Å². The molecule has 3 heteroatoms. The molecule has 1 rings (SSSR count). The van der Waals surface area contributed by atoms with E-state index in [1.54, 1.807) is 6.07 Å². The number of nitriles is 1. The monoisotopic (exact) mass is 252 g/mol. The lowest BCUT2D eigenvalue weighted by atomic mass is 9.84. The van der Waals surface area contributed by atoms with E-state index < -0.39 is 0 Å². The summed E-state index contributed by atoms with van der Waals surface area (Å²) in [5.74, 6) is 0. The zero-order valence-corrected chi connectivity index (χ0v) is 9.93. The van der Waals surface area contributed by atoms with E-state index in [-0.39, 0.29) is 5.41 Å². The minimum absolute atomic E-state index is 0.105. The first-order valence-corrected chi connectivity index (χ1v) is 5.21. The Balaban J connectivity index is 3.27. The highest BCUT2D eigenvalue weighted by Gasteiger charge is 2.21. The second kappa shape index (κ2) is 4.12. The van der Waals surface area contributed by atoms with Crippen molar-refractivity contribution in [1.82, 2.24) is 0 Å². The molecule has 0 saturated carbocycles. The van der Waals surface area contributed by atoms with Gasteiger partial charge in [-0.2, -0.15) is 5.26 Å². The fourth-order valence-electron chi connectivity index (χ4n) is 1.22. The molecular weight excluding hydrogens is 240 g/mol. The number of benzene rings is 1. The SMILES string of the molecule is CC(C)(CN)c1cc(C#N)ccc1Br. The van der Waals surface area contributed by atoms with Gasteiger partial charge in [-0.3, -0.25) is 0 Å². The van der Waals surface area contributed by atoms with Crippen LogP contribution in [0.5, 0.6) is 0 Å². The zero-order chi connectivity index (χ0) is 10.8. The van der Waals surface area contributed by atoms with Crippen molar-refractivity contribution in [3.63, 3.8) is 0 Å². The Bertz CT molecular complexity index is 377. The molecule has 0 bridgehead atoms. The summed E-state index contributed by atoms with van der Waals surface area (Å²) in [6.07, 6.45) is 0. The summed E-state index contributed by atoms with van der Waals surface area (Å²) in [5.41, 5.74) is 7.34. The van der Waals surface area contributed by atoms with Crippen molar-refractivity contribution in [3.05, 3.63) is 33.8 Å². The van der Waals surface area contributed by atoms with Crippen LogP contribution in [-0.2, 0) is 5.41 Å². The standard InChI is InChI=1S/C11H13BrN2/c1-11(2,7-14)9-5-8(6-13)3-4-10(9)12/h3-5H,7,14H2,1-2H3. The third-order valence-electron chi connectivity index (χ3n) is 2.33. The van der Waals surface area contributed by atoms with Gasteiger partial charge in [0.2, 0.25) is 0 Å². The molecule has 0 atom stereocenters. The number of nitrogens with zero attached hydrogens (tertiary/aromatic N) is 1. The van der Waals surface area contributed by atoms with Gasteiger partial charge < -0.3 is 5.73 Å². The molecule has 0 aliphatic heterocycles. The number of nitrogens with two attached hydrogens (primary N) is 1. The fraction of sp³-hybridized carbons (Fsp3) is 0.364. The maximum atomic E-state index is 8.79. The van der Waals surface area contributed by atoms with E-state index in [0.717, 1.165) is 10.0 Å². The van der Waals surface area contributed by atoms with Gasteiger partial charge in [-0.25, -0.2) is 0 Å². The van der Waals surface area contributed by atoms with Gasteiger partial charge in [0.1, 0.15) is 0 Å². The van der Waals surface area contributed by atoms with Crippen LogP contribution in [0.4, 0.5) is 0 Å². The fourth-order valence-corrected chi connectivity index (χ4v) is 2.01. The van der Waals surface area contributed by atoms with Crippen molar-refractivity contribution < 1.29 is 0 Å². The second-order valence-corrected chi connectivity index (χ2v) is 4.75. The summed E-state index contributed by atoms with van der Waals surface area (Å²) >= 11 is 3.47. The van der Waals surface area contributed by atoms with E-state index in [1.165, 1.54) is 0 Å². The lowest BCUT2D eigenvalue weighted by molar-refractivity contribution is 0.536. The highest BCUT2D eigenvalue weighted by Crippen LogP contribution is 2.29. The quantitative estimate of drug-likeness (QED) is 0.880. The molecule has 0 radical (unpaired) electrons. The maximum Gasteiger partial charge on any atom is 0.0991 e. The van der Waals surface area contributed by atoms with Crippen molar-refractivity contribution in [2.45, 2.75) is 19.3 Å². The van der Waals surface area contributed by atoms with Gasteiger partial charge >= 0.3 is 0 Å². The third-order valence-corrected chi connectivity index (χ3v) is 3.03. The Labute approximate surface area is 92.9 Å². The number of hydrogen-bond donors (Lipinski definition) is 1. The second-order valence-electron chi connectivity index (χ2n) is 3.89. The molecule has 74 valence electrons. The van der Waals surface area contributed by atoms with Crippen LogP contribution in [0.3, 0.4) is 0 Å². The molecule has 0 spiro atoms. The molecule has 14 heavy (non-hydrogen) atoms. The first kappa shape index (κ1) is 11.2. The third kappa shape index (κ3) is 2.14. The van der Waals surface area contributed by atoms with Gasteiger partial charge in [0, 0.05) is 16.4 Å². The average molecular weight is 253 g/mol. The summed E-state index contributed by atoms with van der Waals surface area (Å²) < 4.78 is 1.01. The molecule has 0 aromatic heterocycles. The first-order chi connectivity index (χ1) is 6.51. The molecule has 0 aliphatic rings. The van der Waals surface area contributed by atoms with Crippen LogP contribution in [0.15, 0.2) is 22.7 Å².